The van der Waals surface area contributed by atoms with E-state index in [0.29, 0.717) is 23.5 Å². The van der Waals surface area contributed by atoms with E-state index in [4.69, 9.17) is 0 Å². The summed E-state index contributed by atoms with van der Waals surface area (Å²) in [4.78, 5) is 54.7. The molecule has 34 heavy (non-hydrogen) atoms. The third-order valence-electron chi connectivity index (χ3n) is 5.98. The van der Waals surface area contributed by atoms with Crippen LogP contribution in [0.5, 0.6) is 0 Å². The van der Waals surface area contributed by atoms with Crippen LogP contribution in [0.4, 0.5) is 0 Å². The number of imide groups is 1. The molecule has 0 aliphatic carbocycles. The Labute approximate surface area is 193 Å². The number of fused-ring (bicyclic) bond motifs is 1. The Balaban J connectivity index is 1.31. The Morgan fingerprint density at radius 2 is 2.09 bits per heavy atom. The van der Waals surface area contributed by atoms with Crippen molar-refractivity contribution in [2.45, 2.75) is 38.4 Å². The molecule has 174 valence electrons. The first kappa shape index (κ1) is 21.4. The molecule has 2 atom stereocenters. The van der Waals surface area contributed by atoms with Crippen LogP contribution in [0.2, 0.25) is 0 Å². The fourth-order valence-corrected chi connectivity index (χ4v) is 4.23. The molecule has 0 bridgehead atoms. The third-order valence-corrected chi connectivity index (χ3v) is 5.98. The number of aromatic nitrogens is 6. The third kappa shape index (κ3) is 3.70. The van der Waals surface area contributed by atoms with Crippen LogP contribution in [0.3, 0.4) is 0 Å². The Morgan fingerprint density at radius 3 is 2.82 bits per heavy atom. The van der Waals surface area contributed by atoms with Crippen molar-refractivity contribution in [3.63, 3.8) is 0 Å². The van der Waals surface area contributed by atoms with E-state index in [1.54, 1.807) is 36.9 Å². The van der Waals surface area contributed by atoms with Crippen LogP contribution in [-0.2, 0) is 23.2 Å². The van der Waals surface area contributed by atoms with Gasteiger partial charge >= 0.3 is 0 Å². The van der Waals surface area contributed by atoms with Gasteiger partial charge in [-0.2, -0.15) is 5.10 Å². The van der Waals surface area contributed by atoms with Crippen molar-refractivity contribution in [2.24, 2.45) is 7.05 Å². The fourth-order valence-electron chi connectivity index (χ4n) is 4.23. The molecular formula is C21H21N9O4. The standard InChI is InChI=1S/C21H21N9O4/c1-11(18-22-10-23-28(18)2)24-19(32)15-9-30(27-26-15)13-3-4-14-12(7-13)8-29(21(14)34)16-5-6-17(31)25-20(16)33/h3-4,7,9-11,16H,5-6,8H2,1-2H3,(H,24,32)(H,25,31,33). The van der Waals surface area contributed by atoms with E-state index in [1.165, 1.54) is 22.1 Å². The van der Waals surface area contributed by atoms with Gasteiger partial charge in [0.15, 0.2) is 5.69 Å². The summed E-state index contributed by atoms with van der Waals surface area (Å²) in [7, 11) is 1.74. The zero-order valence-corrected chi connectivity index (χ0v) is 18.4. The number of aryl methyl sites for hydroxylation is 1. The number of piperidine rings is 1. The maximum Gasteiger partial charge on any atom is 0.274 e. The first-order valence-corrected chi connectivity index (χ1v) is 10.7. The number of carbonyl (C=O) groups excluding carboxylic acids is 4. The van der Waals surface area contributed by atoms with Crippen LogP contribution in [0.15, 0.2) is 30.7 Å². The molecule has 13 heteroatoms. The summed E-state index contributed by atoms with van der Waals surface area (Å²) in [5.74, 6) is -0.857. The number of hydrogen-bond acceptors (Lipinski definition) is 8. The van der Waals surface area contributed by atoms with Crippen molar-refractivity contribution < 1.29 is 19.2 Å². The molecule has 2 aromatic heterocycles. The maximum absolute atomic E-state index is 12.9. The second-order valence-corrected chi connectivity index (χ2v) is 8.23. The number of amides is 4. The van der Waals surface area contributed by atoms with E-state index >= 15 is 0 Å². The van der Waals surface area contributed by atoms with Gasteiger partial charge in [-0.05, 0) is 37.1 Å². The maximum atomic E-state index is 12.9. The molecule has 4 heterocycles. The summed E-state index contributed by atoms with van der Waals surface area (Å²) >= 11 is 0. The van der Waals surface area contributed by atoms with E-state index in [-0.39, 0.29) is 36.5 Å². The van der Waals surface area contributed by atoms with Gasteiger partial charge in [0.25, 0.3) is 11.8 Å². The minimum absolute atomic E-state index is 0.121. The van der Waals surface area contributed by atoms with Gasteiger partial charge in [0.2, 0.25) is 11.8 Å². The predicted octanol–water partition coefficient (Wildman–Crippen LogP) is -0.352. The lowest BCUT2D eigenvalue weighted by Crippen LogP contribution is -2.52. The quantitative estimate of drug-likeness (QED) is 0.486. The number of nitrogens with one attached hydrogen (secondary N) is 2. The topological polar surface area (TPSA) is 157 Å². The van der Waals surface area contributed by atoms with Crippen molar-refractivity contribution in [3.8, 4) is 5.69 Å². The van der Waals surface area contributed by atoms with Crippen LogP contribution < -0.4 is 10.6 Å². The van der Waals surface area contributed by atoms with Crippen molar-refractivity contribution >= 4 is 23.6 Å². The van der Waals surface area contributed by atoms with E-state index in [2.05, 4.69) is 31.0 Å². The Kier molecular flexibility index (Phi) is 5.15. The van der Waals surface area contributed by atoms with Crippen LogP contribution in [0, 0.1) is 0 Å². The average Bonchev–Trinajstić information content (AvgIpc) is 3.53. The van der Waals surface area contributed by atoms with Gasteiger partial charge in [-0.1, -0.05) is 5.21 Å². The van der Waals surface area contributed by atoms with Crippen LogP contribution in [-0.4, -0.2) is 64.3 Å². The van der Waals surface area contributed by atoms with Gasteiger partial charge in [-0.15, -0.1) is 5.10 Å². The highest BCUT2D eigenvalue weighted by molar-refractivity contribution is 6.05. The Bertz CT molecular complexity index is 1330. The SMILES string of the molecule is CC(NC(=O)c1cn(-c2ccc3c(c2)CN(C2CCC(=O)NC2=O)C3=O)nn1)c1ncnn1C. The number of nitrogens with zero attached hydrogens (tertiary/aromatic N) is 7. The zero-order valence-electron chi connectivity index (χ0n) is 18.4. The molecular weight excluding hydrogens is 442 g/mol. The molecule has 2 aliphatic rings. The van der Waals surface area contributed by atoms with Crippen molar-refractivity contribution in [1.29, 1.82) is 0 Å². The van der Waals surface area contributed by atoms with E-state index < -0.39 is 17.9 Å². The second kappa shape index (κ2) is 8.17. The molecule has 0 radical (unpaired) electrons. The lowest BCUT2D eigenvalue weighted by molar-refractivity contribution is -0.136. The number of carbonyl (C=O) groups is 4. The van der Waals surface area contributed by atoms with E-state index in [1.807, 2.05) is 0 Å². The van der Waals surface area contributed by atoms with E-state index in [0.717, 1.165) is 5.56 Å². The summed E-state index contributed by atoms with van der Waals surface area (Å²) < 4.78 is 3.02. The normalized spacial score (nSPS) is 18.6. The minimum atomic E-state index is -0.682. The Morgan fingerprint density at radius 1 is 1.26 bits per heavy atom. The van der Waals surface area contributed by atoms with Crippen LogP contribution in [0.1, 0.15) is 58.0 Å². The fraction of sp³-hybridized carbons (Fsp3) is 0.333. The molecule has 2 unspecified atom stereocenters. The van der Waals surface area contributed by atoms with Crippen molar-refractivity contribution in [3.05, 3.63) is 53.4 Å². The molecule has 5 rings (SSSR count). The summed E-state index contributed by atoms with van der Waals surface area (Å²) in [6.07, 6.45) is 3.40. The number of hydrogen-bond donors (Lipinski definition) is 2. The molecule has 13 nitrogen and oxygen atoms in total. The molecule has 0 saturated carbocycles. The van der Waals surface area contributed by atoms with Gasteiger partial charge < -0.3 is 10.2 Å². The largest absolute Gasteiger partial charge is 0.341 e. The van der Waals surface area contributed by atoms with Gasteiger partial charge in [0.1, 0.15) is 18.2 Å². The summed E-state index contributed by atoms with van der Waals surface area (Å²) in [5.41, 5.74) is 1.95. The van der Waals surface area contributed by atoms with Gasteiger partial charge in [-0.25, -0.2) is 9.67 Å². The summed E-state index contributed by atoms with van der Waals surface area (Å²) in [5, 5.41) is 17.1. The average molecular weight is 463 g/mol. The zero-order chi connectivity index (χ0) is 24.0. The van der Waals surface area contributed by atoms with Gasteiger partial charge in [-0.3, -0.25) is 29.2 Å². The molecule has 2 aliphatic heterocycles. The predicted molar refractivity (Wildman–Crippen MR) is 114 cm³/mol. The number of rotatable bonds is 5. The monoisotopic (exact) mass is 463 g/mol. The highest BCUT2D eigenvalue weighted by Crippen LogP contribution is 2.29. The highest BCUT2D eigenvalue weighted by atomic mass is 16.2. The summed E-state index contributed by atoms with van der Waals surface area (Å²) in [6, 6.07) is 4.07. The number of benzene rings is 1. The molecule has 3 aromatic rings. The van der Waals surface area contributed by atoms with Crippen molar-refractivity contribution in [1.82, 2.24) is 45.3 Å². The molecule has 1 aromatic carbocycles. The molecule has 2 N–H and O–H groups in total. The molecule has 1 saturated heterocycles. The summed E-state index contributed by atoms with van der Waals surface area (Å²) in [6.45, 7) is 2.03. The van der Waals surface area contributed by atoms with Gasteiger partial charge in [0.05, 0.1) is 17.9 Å². The lowest BCUT2D eigenvalue weighted by Gasteiger charge is -2.29. The first-order valence-electron chi connectivity index (χ1n) is 10.7. The Hall–Kier alpha value is -4.42. The van der Waals surface area contributed by atoms with Crippen molar-refractivity contribution in [2.75, 3.05) is 0 Å². The second-order valence-electron chi connectivity index (χ2n) is 8.23. The smallest absolute Gasteiger partial charge is 0.274 e. The molecule has 1 fully saturated rings. The highest BCUT2D eigenvalue weighted by Gasteiger charge is 2.39. The first-order chi connectivity index (χ1) is 16.3. The lowest BCUT2D eigenvalue weighted by atomic mass is 10.0. The van der Waals surface area contributed by atoms with Crippen LogP contribution in [0.25, 0.3) is 5.69 Å². The van der Waals surface area contributed by atoms with E-state index in [9.17, 15) is 19.2 Å². The molecule has 0 spiro atoms. The molecule has 4 amide bonds. The van der Waals surface area contributed by atoms with Gasteiger partial charge in [0, 0.05) is 25.6 Å². The van der Waals surface area contributed by atoms with Crippen LogP contribution >= 0.6 is 0 Å². The minimum Gasteiger partial charge on any atom is -0.341 e.